The zero-order valence-electron chi connectivity index (χ0n) is 10.3. The first-order chi connectivity index (χ1) is 8.20. The van der Waals surface area contributed by atoms with Gasteiger partial charge < -0.3 is 10.0 Å². The average molecular weight is 254 g/mol. The Morgan fingerprint density at radius 3 is 2.88 bits per heavy atom. The van der Waals surface area contributed by atoms with Gasteiger partial charge in [0.2, 0.25) is 0 Å². The van der Waals surface area contributed by atoms with E-state index in [0.717, 1.165) is 6.54 Å². The van der Waals surface area contributed by atoms with E-state index >= 15 is 0 Å². The van der Waals surface area contributed by atoms with E-state index in [1.54, 1.807) is 0 Å². The molecular weight excluding hydrogens is 234 g/mol. The Hall–Kier alpha value is -0.570. The fourth-order valence-corrected chi connectivity index (χ4v) is 2.80. The van der Waals surface area contributed by atoms with Gasteiger partial charge in [-0.2, -0.15) is 0 Å². The summed E-state index contributed by atoms with van der Waals surface area (Å²) in [6, 6.07) is 6.63. The highest BCUT2D eigenvalue weighted by molar-refractivity contribution is 6.21. The maximum atomic E-state index is 8.86. The summed E-state index contributed by atoms with van der Waals surface area (Å²) < 4.78 is 0. The molecule has 0 bridgehead atoms. The van der Waals surface area contributed by atoms with Crippen molar-refractivity contribution in [1.29, 1.82) is 0 Å². The van der Waals surface area contributed by atoms with Crippen LogP contribution in [-0.2, 0) is 12.8 Å². The van der Waals surface area contributed by atoms with E-state index in [1.807, 2.05) is 7.05 Å². The second-order valence-electron chi connectivity index (χ2n) is 4.84. The first-order valence-corrected chi connectivity index (χ1v) is 6.69. The molecule has 2 nitrogen and oxygen atoms in total. The van der Waals surface area contributed by atoms with Crippen LogP contribution in [0.4, 0.5) is 0 Å². The first kappa shape index (κ1) is 12.9. The van der Waals surface area contributed by atoms with Gasteiger partial charge in [0, 0.05) is 13.1 Å². The Bertz CT molecular complexity index is 380. The van der Waals surface area contributed by atoms with Gasteiger partial charge in [-0.15, -0.1) is 11.6 Å². The molecule has 1 aliphatic rings. The van der Waals surface area contributed by atoms with Crippen molar-refractivity contribution in [3.63, 3.8) is 0 Å². The van der Waals surface area contributed by atoms with Crippen molar-refractivity contribution in [3.8, 4) is 0 Å². The molecule has 0 aromatic heterocycles. The molecule has 0 saturated heterocycles. The second-order valence-corrected chi connectivity index (χ2v) is 5.36. The van der Waals surface area contributed by atoms with Crippen molar-refractivity contribution >= 4 is 11.6 Å². The molecule has 0 saturated carbocycles. The molecule has 0 fully saturated rings. The third kappa shape index (κ3) is 3.21. The Morgan fingerprint density at radius 2 is 2.12 bits per heavy atom. The van der Waals surface area contributed by atoms with Crippen molar-refractivity contribution in [2.75, 3.05) is 26.7 Å². The third-order valence-electron chi connectivity index (χ3n) is 3.44. The van der Waals surface area contributed by atoms with Crippen molar-refractivity contribution in [1.82, 2.24) is 4.90 Å². The van der Waals surface area contributed by atoms with Crippen LogP contribution in [0.5, 0.6) is 0 Å². The lowest BCUT2D eigenvalue weighted by atomic mass is 10.0. The summed E-state index contributed by atoms with van der Waals surface area (Å²) in [4.78, 5) is 2.06. The standard InChI is InChI=1S/C14H20ClNO/c1-16(7-8-17)10-14(15)13-6-5-11-3-2-4-12(11)9-13/h5-6,9,14,17H,2-4,7-8,10H2,1H3. The van der Waals surface area contributed by atoms with E-state index in [0.29, 0.717) is 6.54 Å². The monoisotopic (exact) mass is 253 g/mol. The van der Waals surface area contributed by atoms with Gasteiger partial charge in [0.15, 0.2) is 0 Å². The molecule has 1 aromatic rings. The molecule has 0 spiro atoms. The van der Waals surface area contributed by atoms with Crippen LogP contribution < -0.4 is 0 Å². The Labute approximate surface area is 108 Å². The van der Waals surface area contributed by atoms with Gasteiger partial charge >= 0.3 is 0 Å². The molecule has 0 aliphatic heterocycles. The van der Waals surface area contributed by atoms with Crippen LogP contribution in [0.2, 0.25) is 0 Å². The molecule has 17 heavy (non-hydrogen) atoms. The van der Waals surface area contributed by atoms with Gasteiger partial charge in [-0.1, -0.05) is 18.2 Å². The maximum absolute atomic E-state index is 8.86. The number of aryl methyl sites for hydroxylation is 2. The predicted octanol–water partition coefficient (Wildman–Crippen LogP) is 2.38. The second kappa shape index (κ2) is 5.85. The summed E-state index contributed by atoms with van der Waals surface area (Å²) in [5.41, 5.74) is 4.16. The fourth-order valence-electron chi connectivity index (χ4n) is 2.43. The van der Waals surface area contributed by atoms with E-state index < -0.39 is 0 Å². The number of aliphatic hydroxyl groups is 1. The largest absolute Gasteiger partial charge is 0.395 e. The Morgan fingerprint density at radius 1 is 1.35 bits per heavy atom. The molecule has 2 rings (SSSR count). The molecule has 0 amide bonds. The van der Waals surface area contributed by atoms with Gasteiger partial charge in [-0.25, -0.2) is 0 Å². The maximum Gasteiger partial charge on any atom is 0.0712 e. The lowest BCUT2D eigenvalue weighted by molar-refractivity contribution is 0.221. The van der Waals surface area contributed by atoms with Crippen LogP contribution in [0.1, 0.15) is 28.5 Å². The van der Waals surface area contributed by atoms with E-state index in [9.17, 15) is 0 Å². The number of nitrogens with zero attached hydrogens (tertiary/aromatic N) is 1. The highest BCUT2D eigenvalue weighted by Gasteiger charge is 2.15. The van der Waals surface area contributed by atoms with Crippen molar-refractivity contribution in [3.05, 3.63) is 34.9 Å². The minimum absolute atomic E-state index is 0.0115. The van der Waals surface area contributed by atoms with Crippen molar-refractivity contribution in [2.24, 2.45) is 0 Å². The van der Waals surface area contributed by atoms with Crippen LogP contribution >= 0.6 is 11.6 Å². The van der Waals surface area contributed by atoms with Gasteiger partial charge in [-0.3, -0.25) is 0 Å². The fraction of sp³-hybridized carbons (Fsp3) is 0.571. The zero-order chi connectivity index (χ0) is 12.3. The third-order valence-corrected chi connectivity index (χ3v) is 3.83. The van der Waals surface area contributed by atoms with E-state index in [-0.39, 0.29) is 12.0 Å². The molecule has 0 radical (unpaired) electrons. The molecule has 1 aliphatic carbocycles. The number of alkyl halides is 1. The highest BCUT2D eigenvalue weighted by atomic mass is 35.5. The Balaban J connectivity index is 2.01. The minimum atomic E-state index is 0.0115. The zero-order valence-corrected chi connectivity index (χ0v) is 11.1. The highest BCUT2D eigenvalue weighted by Crippen LogP contribution is 2.28. The molecule has 0 heterocycles. The van der Waals surface area contributed by atoms with Gasteiger partial charge in [0.1, 0.15) is 0 Å². The summed E-state index contributed by atoms with van der Waals surface area (Å²) in [5.74, 6) is 0. The lowest BCUT2D eigenvalue weighted by Gasteiger charge is -2.19. The first-order valence-electron chi connectivity index (χ1n) is 6.26. The number of hydrogen-bond acceptors (Lipinski definition) is 2. The quantitative estimate of drug-likeness (QED) is 0.815. The minimum Gasteiger partial charge on any atom is -0.395 e. The van der Waals surface area contributed by atoms with E-state index in [2.05, 4.69) is 23.1 Å². The topological polar surface area (TPSA) is 23.5 Å². The summed E-state index contributed by atoms with van der Waals surface area (Å²) in [7, 11) is 1.99. The number of benzene rings is 1. The number of halogens is 1. The molecule has 3 heteroatoms. The molecule has 1 unspecified atom stereocenters. The van der Waals surface area contributed by atoms with Crippen LogP contribution in [0.15, 0.2) is 18.2 Å². The SMILES string of the molecule is CN(CCO)CC(Cl)c1ccc2c(c1)CCC2. The van der Waals surface area contributed by atoms with Crippen LogP contribution in [0.25, 0.3) is 0 Å². The molecular formula is C14H20ClNO. The summed E-state index contributed by atoms with van der Waals surface area (Å²) in [5, 5.41) is 8.87. The number of likely N-dealkylation sites (N-methyl/N-ethyl adjacent to an activating group) is 1. The number of hydrogen-bond donors (Lipinski definition) is 1. The number of rotatable bonds is 5. The molecule has 94 valence electrons. The number of fused-ring (bicyclic) bond motifs is 1. The number of aliphatic hydroxyl groups excluding tert-OH is 1. The molecule has 1 aromatic carbocycles. The van der Waals surface area contributed by atoms with Gasteiger partial charge in [0.05, 0.1) is 12.0 Å². The Kier molecular flexibility index (Phi) is 4.43. The van der Waals surface area contributed by atoms with Gasteiger partial charge in [-0.05, 0) is 43.0 Å². The van der Waals surface area contributed by atoms with Gasteiger partial charge in [0.25, 0.3) is 0 Å². The van der Waals surface area contributed by atoms with Crippen LogP contribution in [0, 0.1) is 0 Å². The summed E-state index contributed by atoms with van der Waals surface area (Å²) in [6.45, 7) is 1.64. The lowest BCUT2D eigenvalue weighted by Crippen LogP contribution is -2.25. The van der Waals surface area contributed by atoms with E-state index in [1.165, 1.54) is 36.0 Å². The van der Waals surface area contributed by atoms with E-state index in [4.69, 9.17) is 16.7 Å². The molecule has 1 atom stereocenters. The summed E-state index contributed by atoms with van der Waals surface area (Å²) >= 11 is 6.42. The normalized spacial score (nSPS) is 16.2. The van der Waals surface area contributed by atoms with Crippen molar-refractivity contribution < 1.29 is 5.11 Å². The van der Waals surface area contributed by atoms with Crippen molar-refractivity contribution in [2.45, 2.75) is 24.6 Å². The smallest absolute Gasteiger partial charge is 0.0712 e. The predicted molar refractivity (Wildman–Crippen MR) is 71.6 cm³/mol. The molecule has 1 N–H and O–H groups in total. The average Bonchev–Trinajstić information content (AvgIpc) is 2.75. The summed E-state index contributed by atoms with van der Waals surface area (Å²) in [6.07, 6.45) is 3.68. The van der Waals surface area contributed by atoms with Crippen LogP contribution in [-0.4, -0.2) is 36.8 Å². The van der Waals surface area contributed by atoms with Crippen LogP contribution in [0.3, 0.4) is 0 Å².